The van der Waals surface area contributed by atoms with Gasteiger partial charge in [-0.25, -0.2) is 9.59 Å². The monoisotopic (exact) mass is 302 g/mol. The Morgan fingerprint density at radius 1 is 1.30 bits per heavy atom. The molecule has 1 rings (SSSR count). The van der Waals surface area contributed by atoms with Gasteiger partial charge in [-0.2, -0.15) is 0 Å². The lowest BCUT2D eigenvalue weighted by atomic mass is 10.2. The first-order chi connectivity index (χ1) is 9.17. The zero-order chi connectivity index (χ0) is 14.1. The highest BCUT2D eigenvalue weighted by Crippen LogP contribution is 2.01. The van der Waals surface area contributed by atoms with Gasteiger partial charge in [0.05, 0.1) is 7.11 Å². The summed E-state index contributed by atoms with van der Waals surface area (Å²) >= 11 is 0. The first-order valence-corrected chi connectivity index (χ1v) is 5.92. The molecule has 1 unspecified atom stereocenters. The fraction of sp³-hybridized carbons (Fsp3) is 0.385. The highest BCUT2D eigenvalue weighted by atomic mass is 35.5. The van der Waals surface area contributed by atoms with Crippen LogP contribution in [0, 0.1) is 0 Å². The molecule has 6 nitrogen and oxygen atoms in total. The van der Waals surface area contributed by atoms with Crippen molar-refractivity contribution in [3.05, 3.63) is 35.9 Å². The molecule has 0 saturated heterocycles. The van der Waals surface area contributed by atoms with Crippen molar-refractivity contribution in [3.8, 4) is 0 Å². The van der Waals surface area contributed by atoms with Crippen LogP contribution in [0.5, 0.6) is 0 Å². The molecule has 1 atom stereocenters. The molecule has 1 amide bonds. The number of hydrogen-bond acceptors (Lipinski definition) is 5. The second-order valence-corrected chi connectivity index (χ2v) is 3.86. The minimum absolute atomic E-state index is 0. The number of benzene rings is 1. The number of nitrogens with two attached hydrogens (primary N) is 1. The second-order valence-electron chi connectivity index (χ2n) is 3.86. The van der Waals surface area contributed by atoms with Gasteiger partial charge in [-0.15, -0.1) is 12.4 Å². The predicted octanol–water partition coefficient (Wildman–Crippen LogP) is 1.23. The van der Waals surface area contributed by atoms with Crippen LogP contribution in [0.15, 0.2) is 30.3 Å². The van der Waals surface area contributed by atoms with E-state index >= 15 is 0 Å². The molecule has 1 aromatic rings. The SMILES string of the molecule is COC(=O)C(CCN)NC(=O)OCc1ccccc1.Cl. The van der Waals surface area contributed by atoms with Crippen LogP contribution in [-0.2, 0) is 20.9 Å². The molecule has 0 heterocycles. The Morgan fingerprint density at radius 2 is 1.95 bits per heavy atom. The molecule has 0 fully saturated rings. The van der Waals surface area contributed by atoms with Gasteiger partial charge in [-0.1, -0.05) is 30.3 Å². The van der Waals surface area contributed by atoms with E-state index in [0.717, 1.165) is 5.56 Å². The van der Waals surface area contributed by atoms with Crippen molar-refractivity contribution in [3.63, 3.8) is 0 Å². The maximum absolute atomic E-state index is 11.5. The Kier molecular flexibility index (Phi) is 9.15. The van der Waals surface area contributed by atoms with Crippen molar-refractivity contribution in [1.82, 2.24) is 5.32 Å². The molecule has 0 radical (unpaired) electrons. The van der Waals surface area contributed by atoms with Gasteiger partial charge in [0.25, 0.3) is 0 Å². The van der Waals surface area contributed by atoms with Gasteiger partial charge in [0.1, 0.15) is 12.6 Å². The summed E-state index contributed by atoms with van der Waals surface area (Å²) in [5, 5.41) is 2.42. The molecule has 7 heteroatoms. The maximum atomic E-state index is 11.5. The van der Waals surface area contributed by atoms with Gasteiger partial charge < -0.3 is 20.5 Å². The summed E-state index contributed by atoms with van der Waals surface area (Å²) in [6.07, 6.45) is -0.375. The first kappa shape index (κ1) is 18.2. The number of nitrogens with one attached hydrogen (secondary N) is 1. The van der Waals surface area contributed by atoms with Crippen LogP contribution in [0.25, 0.3) is 0 Å². The molecular formula is C13H19ClN2O4. The number of halogens is 1. The molecule has 0 aliphatic rings. The average Bonchev–Trinajstić information content (AvgIpc) is 2.45. The normalized spacial score (nSPS) is 10.9. The lowest BCUT2D eigenvalue weighted by Gasteiger charge is -2.15. The summed E-state index contributed by atoms with van der Waals surface area (Å²) in [5.74, 6) is -0.540. The largest absolute Gasteiger partial charge is 0.467 e. The number of amides is 1. The van der Waals surface area contributed by atoms with Crippen LogP contribution < -0.4 is 11.1 Å². The Labute approximate surface area is 124 Å². The number of ether oxygens (including phenoxy) is 2. The molecule has 0 bridgehead atoms. The van der Waals surface area contributed by atoms with Gasteiger partial charge >= 0.3 is 12.1 Å². The van der Waals surface area contributed by atoms with E-state index in [4.69, 9.17) is 10.5 Å². The number of carbonyl (C=O) groups is 2. The molecule has 0 spiro atoms. The van der Waals surface area contributed by atoms with E-state index in [1.54, 1.807) is 0 Å². The number of rotatable bonds is 6. The van der Waals surface area contributed by atoms with Crippen molar-refractivity contribution < 1.29 is 19.1 Å². The van der Waals surface area contributed by atoms with Gasteiger partial charge in [0.2, 0.25) is 0 Å². The zero-order valence-corrected chi connectivity index (χ0v) is 12.0. The third-order valence-electron chi connectivity index (χ3n) is 2.45. The third kappa shape index (κ3) is 6.40. The summed E-state index contributed by atoms with van der Waals surface area (Å²) in [4.78, 5) is 22.9. The van der Waals surface area contributed by atoms with Gasteiger partial charge in [-0.3, -0.25) is 0 Å². The van der Waals surface area contributed by atoms with Gasteiger partial charge in [-0.05, 0) is 18.5 Å². The number of hydrogen-bond donors (Lipinski definition) is 2. The molecule has 1 aromatic carbocycles. The standard InChI is InChI=1S/C13H18N2O4.ClH/c1-18-12(16)11(7-8-14)15-13(17)19-9-10-5-3-2-4-6-10;/h2-6,11H,7-9,14H2,1H3,(H,15,17);1H. The number of methoxy groups -OCH3 is 1. The highest BCUT2D eigenvalue weighted by Gasteiger charge is 2.21. The fourth-order valence-corrected chi connectivity index (χ4v) is 1.46. The first-order valence-electron chi connectivity index (χ1n) is 5.92. The quantitative estimate of drug-likeness (QED) is 0.771. The van der Waals surface area contributed by atoms with Crippen LogP contribution in [-0.4, -0.2) is 31.8 Å². The molecule has 0 aliphatic carbocycles. The highest BCUT2D eigenvalue weighted by molar-refractivity contribution is 5.85. The van der Waals surface area contributed by atoms with Crippen LogP contribution in [0.3, 0.4) is 0 Å². The topological polar surface area (TPSA) is 90.6 Å². The molecule has 20 heavy (non-hydrogen) atoms. The van der Waals surface area contributed by atoms with Crippen LogP contribution in [0.1, 0.15) is 12.0 Å². The van der Waals surface area contributed by atoms with E-state index in [1.807, 2.05) is 30.3 Å². The van der Waals surface area contributed by atoms with Crippen molar-refractivity contribution in [2.75, 3.05) is 13.7 Å². The van der Waals surface area contributed by atoms with Crippen molar-refractivity contribution in [1.29, 1.82) is 0 Å². The molecule has 0 aliphatic heterocycles. The second kappa shape index (κ2) is 10.1. The number of carbonyl (C=O) groups excluding carboxylic acids is 2. The zero-order valence-electron chi connectivity index (χ0n) is 11.2. The third-order valence-corrected chi connectivity index (χ3v) is 2.45. The van der Waals surface area contributed by atoms with E-state index < -0.39 is 18.1 Å². The summed E-state index contributed by atoms with van der Waals surface area (Å²) in [6, 6.07) is 8.47. The Morgan fingerprint density at radius 3 is 2.50 bits per heavy atom. The average molecular weight is 303 g/mol. The van der Waals surface area contributed by atoms with Crippen LogP contribution in [0.4, 0.5) is 4.79 Å². The van der Waals surface area contributed by atoms with E-state index in [2.05, 4.69) is 10.1 Å². The number of alkyl carbamates (subject to hydrolysis) is 1. The Balaban J connectivity index is 0.00000361. The van der Waals surface area contributed by atoms with E-state index in [1.165, 1.54) is 7.11 Å². The molecule has 3 N–H and O–H groups in total. The molecular weight excluding hydrogens is 284 g/mol. The predicted molar refractivity (Wildman–Crippen MR) is 76.5 cm³/mol. The minimum Gasteiger partial charge on any atom is -0.467 e. The van der Waals surface area contributed by atoms with Gasteiger partial charge in [0, 0.05) is 0 Å². The van der Waals surface area contributed by atoms with Crippen molar-refractivity contribution in [2.45, 2.75) is 19.1 Å². The lowest BCUT2D eigenvalue weighted by Crippen LogP contribution is -2.42. The van der Waals surface area contributed by atoms with Crippen molar-refractivity contribution in [2.24, 2.45) is 5.73 Å². The smallest absolute Gasteiger partial charge is 0.408 e. The van der Waals surface area contributed by atoms with Crippen LogP contribution >= 0.6 is 12.4 Å². The van der Waals surface area contributed by atoms with Gasteiger partial charge in [0.15, 0.2) is 0 Å². The summed E-state index contributed by atoms with van der Waals surface area (Å²) in [6.45, 7) is 0.405. The van der Waals surface area contributed by atoms with E-state index in [-0.39, 0.29) is 25.6 Å². The molecule has 0 saturated carbocycles. The van der Waals surface area contributed by atoms with Crippen LogP contribution in [0.2, 0.25) is 0 Å². The molecule has 0 aromatic heterocycles. The van der Waals surface area contributed by atoms with E-state index in [0.29, 0.717) is 6.42 Å². The van der Waals surface area contributed by atoms with Crippen molar-refractivity contribution >= 4 is 24.5 Å². The Bertz CT molecular complexity index is 414. The Hall–Kier alpha value is -1.79. The summed E-state index contributed by atoms with van der Waals surface area (Å²) in [5.41, 5.74) is 6.23. The summed E-state index contributed by atoms with van der Waals surface area (Å²) < 4.78 is 9.56. The lowest BCUT2D eigenvalue weighted by molar-refractivity contribution is -0.143. The van der Waals surface area contributed by atoms with E-state index in [9.17, 15) is 9.59 Å². The fourth-order valence-electron chi connectivity index (χ4n) is 1.46. The maximum Gasteiger partial charge on any atom is 0.408 e. The number of esters is 1. The summed E-state index contributed by atoms with van der Waals surface area (Å²) in [7, 11) is 1.25. The molecule has 112 valence electrons. The minimum atomic E-state index is -0.779.